The molecule has 0 saturated carbocycles. The van der Waals surface area contributed by atoms with Gasteiger partial charge >= 0.3 is 0 Å². The van der Waals surface area contributed by atoms with Crippen LogP contribution < -0.4 is 19.5 Å². The van der Waals surface area contributed by atoms with E-state index in [1.165, 1.54) is 0 Å². The van der Waals surface area contributed by atoms with Gasteiger partial charge in [-0.1, -0.05) is 39.8 Å². The molecule has 4 nitrogen and oxygen atoms in total. The first kappa shape index (κ1) is 18.3. The second-order valence-corrected chi connectivity index (χ2v) is 7.11. The standard InChI is InChI=1S/C19H23O4P/c1-12(20)15-8-6-7-9-18(15)24-13(2)16-10-14(21-3)11-17(22-4)19(16)23-5/h6-11,13,24H,1-5H3. The normalized spacial score (nSPS) is 12.2. The Hall–Kier alpha value is -2.06. The van der Waals surface area contributed by atoms with E-state index in [1.807, 2.05) is 36.4 Å². The molecule has 0 aliphatic rings. The minimum atomic E-state index is 0.0838. The second kappa shape index (κ2) is 8.16. The maximum absolute atomic E-state index is 11.8. The van der Waals surface area contributed by atoms with Crippen LogP contribution >= 0.6 is 8.58 Å². The average Bonchev–Trinajstić information content (AvgIpc) is 2.60. The number of ether oxygens (including phenoxy) is 3. The Morgan fingerprint density at radius 2 is 1.75 bits per heavy atom. The van der Waals surface area contributed by atoms with Gasteiger partial charge in [0.15, 0.2) is 17.3 Å². The summed E-state index contributed by atoms with van der Waals surface area (Å²) in [6, 6.07) is 11.5. The Balaban J connectivity index is 2.43. The van der Waals surface area contributed by atoms with Crippen LogP contribution in [0, 0.1) is 0 Å². The van der Waals surface area contributed by atoms with E-state index in [9.17, 15) is 4.79 Å². The van der Waals surface area contributed by atoms with Gasteiger partial charge < -0.3 is 14.2 Å². The first-order valence-electron chi connectivity index (χ1n) is 7.68. The zero-order valence-corrected chi connectivity index (χ0v) is 15.7. The number of hydrogen-bond donors (Lipinski definition) is 0. The van der Waals surface area contributed by atoms with Crippen LogP contribution in [0.5, 0.6) is 17.2 Å². The van der Waals surface area contributed by atoms with E-state index in [-0.39, 0.29) is 11.4 Å². The molecule has 0 amide bonds. The van der Waals surface area contributed by atoms with Crippen molar-refractivity contribution >= 4 is 19.7 Å². The zero-order valence-electron chi connectivity index (χ0n) is 14.7. The summed E-state index contributed by atoms with van der Waals surface area (Å²) in [7, 11) is 5.30. The highest BCUT2D eigenvalue weighted by Crippen LogP contribution is 2.45. The Morgan fingerprint density at radius 3 is 2.33 bits per heavy atom. The van der Waals surface area contributed by atoms with Gasteiger partial charge in [-0.15, -0.1) is 0 Å². The average molecular weight is 346 g/mol. The van der Waals surface area contributed by atoms with E-state index in [2.05, 4.69) is 6.92 Å². The molecule has 128 valence electrons. The topological polar surface area (TPSA) is 44.8 Å². The van der Waals surface area contributed by atoms with Crippen molar-refractivity contribution in [3.8, 4) is 17.2 Å². The molecule has 2 aromatic carbocycles. The number of carbonyl (C=O) groups excluding carboxylic acids is 1. The molecule has 2 rings (SSSR count). The van der Waals surface area contributed by atoms with Crippen molar-refractivity contribution < 1.29 is 19.0 Å². The van der Waals surface area contributed by atoms with Crippen LogP contribution in [0.2, 0.25) is 0 Å². The third kappa shape index (κ3) is 3.88. The highest BCUT2D eigenvalue weighted by Gasteiger charge is 2.20. The number of methoxy groups -OCH3 is 3. The van der Waals surface area contributed by atoms with Crippen LogP contribution in [-0.2, 0) is 0 Å². The van der Waals surface area contributed by atoms with Crippen LogP contribution in [-0.4, -0.2) is 27.1 Å². The SMILES string of the molecule is COc1cc(OC)c(OC)c(C(C)Pc2ccccc2C(C)=O)c1. The first-order valence-corrected chi connectivity index (χ1v) is 8.76. The van der Waals surface area contributed by atoms with Gasteiger partial charge in [0.25, 0.3) is 0 Å². The van der Waals surface area contributed by atoms with Crippen molar-refractivity contribution in [2.75, 3.05) is 21.3 Å². The summed E-state index contributed by atoms with van der Waals surface area (Å²) < 4.78 is 16.4. The number of Topliss-reactive ketones (excluding diaryl/α,β-unsaturated/α-hetero) is 1. The molecule has 0 aromatic heterocycles. The third-order valence-electron chi connectivity index (χ3n) is 3.86. The van der Waals surface area contributed by atoms with Crippen molar-refractivity contribution in [3.63, 3.8) is 0 Å². The molecule has 0 aliphatic carbocycles. The summed E-state index contributed by atoms with van der Waals surface area (Å²) in [4.78, 5) is 11.8. The van der Waals surface area contributed by atoms with E-state index in [1.54, 1.807) is 28.3 Å². The van der Waals surface area contributed by atoms with Crippen LogP contribution in [0.25, 0.3) is 0 Å². The predicted molar refractivity (Wildman–Crippen MR) is 98.9 cm³/mol. The van der Waals surface area contributed by atoms with Gasteiger partial charge in [0, 0.05) is 22.9 Å². The molecule has 0 fully saturated rings. The van der Waals surface area contributed by atoms with Crippen LogP contribution in [0.1, 0.15) is 35.4 Å². The molecular formula is C19H23O4P. The maximum Gasteiger partial charge on any atom is 0.164 e. The van der Waals surface area contributed by atoms with Crippen molar-refractivity contribution in [1.29, 1.82) is 0 Å². The quantitative estimate of drug-likeness (QED) is 0.562. The molecule has 5 heteroatoms. The Bertz CT molecular complexity index is 727. The van der Waals surface area contributed by atoms with Gasteiger partial charge in [0.05, 0.1) is 21.3 Å². The van der Waals surface area contributed by atoms with Crippen molar-refractivity contribution in [1.82, 2.24) is 0 Å². The number of rotatable bonds is 7. The fourth-order valence-electron chi connectivity index (χ4n) is 2.63. The van der Waals surface area contributed by atoms with E-state index >= 15 is 0 Å². The first-order chi connectivity index (χ1) is 11.5. The lowest BCUT2D eigenvalue weighted by atomic mass is 10.1. The highest BCUT2D eigenvalue weighted by atomic mass is 31.1. The lowest BCUT2D eigenvalue weighted by Gasteiger charge is -2.20. The zero-order chi connectivity index (χ0) is 17.7. The second-order valence-electron chi connectivity index (χ2n) is 5.42. The fourth-order valence-corrected chi connectivity index (χ4v) is 4.08. The lowest BCUT2D eigenvalue weighted by molar-refractivity contribution is 0.101. The minimum Gasteiger partial charge on any atom is -0.497 e. The molecule has 0 saturated heterocycles. The minimum absolute atomic E-state index is 0.0838. The van der Waals surface area contributed by atoms with Gasteiger partial charge in [-0.05, 0) is 18.3 Å². The molecule has 2 atom stereocenters. The Kier molecular flexibility index (Phi) is 6.22. The summed E-state index contributed by atoms with van der Waals surface area (Å²) in [5.74, 6) is 2.15. The van der Waals surface area contributed by atoms with Gasteiger partial charge in [-0.25, -0.2) is 0 Å². The van der Waals surface area contributed by atoms with E-state index in [0.29, 0.717) is 20.1 Å². The maximum atomic E-state index is 11.8. The molecule has 0 radical (unpaired) electrons. The molecule has 2 unspecified atom stereocenters. The number of carbonyl (C=O) groups is 1. The highest BCUT2D eigenvalue weighted by molar-refractivity contribution is 7.47. The molecule has 24 heavy (non-hydrogen) atoms. The molecule has 0 aliphatic heterocycles. The Labute approximate surface area is 144 Å². The van der Waals surface area contributed by atoms with Crippen LogP contribution in [0.15, 0.2) is 36.4 Å². The smallest absolute Gasteiger partial charge is 0.164 e. The van der Waals surface area contributed by atoms with Gasteiger partial charge in [0.1, 0.15) is 5.75 Å². The molecule has 2 aromatic rings. The summed E-state index contributed by atoms with van der Waals surface area (Å²) in [6.45, 7) is 3.72. The van der Waals surface area contributed by atoms with Gasteiger partial charge in [0.2, 0.25) is 0 Å². The molecule has 0 spiro atoms. The Morgan fingerprint density at radius 1 is 1.04 bits per heavy atom. The third-order valence-corrected chi connectivity index (χ3v) is 5.35. The van der Waals surface area contributed by atoms with Gasteiger partial charge in [-0.2, -0.15) is 0 Å². The molecule has 0 heterocycles. The summed E-state index contributed by atoms with van der Waals surface area (Å²) >= 11 is 0. The van der Waals surface area contributed by atoms with Crippen molar-refractivity contribution in [2.45, 2.75) is 19.5 Å². The van der Waals surface area contributed by atoms with Crippen molar-refractivity contribution in [2.24, 2.45) is 0 Å². The molecule has 0 bridgehead atoms. The number of ketones is 1. The number of benzene rings is 2. The summed E-state index contributed by atoms with van der Waals surface area (Å²) in [5.41, 5.74) is 1.94. The summed E-state index contributed by atoms with van der Waals surface area (Å²) in [5, 5.41) is 1.06. The monoisotopic (exact) mass is 346 g/mol. The largest absolute Gasteiger partial charge is 0.497 e. The van der Waals surface area contributed by atoms with Crippen molar-refractivity contribution in [3.05, 3.63) is 47.5 Å². The molecular weight excluding hydrogens is 323 g/mol. The lowest BCUT2D eigenvalue weighted by Crippen LogP contribution is -2.10. The van der Waals surface area contributed by atoms with E-state index < -0.39 is 0 Å². The van der Waals surface area contributed by atoms with Gasteiger partial charge in [-0.3, -0.25) is 4.79 Å². The van der Waals surface area contributed by atoms with Crippen LogP contribution in [0.4, 0.5) is 0 Å². The predicted octanol–water partition coefficient (Wildman–Crippen LogP) is 3.98. The van der Waals surface area contributed by atoms with Crippen LogP contribution in [0.3, 0.4) is 0 Å². The number of hydrogen-bond acceptors (Lipinski definition) is 4. The fraction of sp³-hybridized carbons (Fsp3) is 0.316. The van der Waals surface area contributed by atoms with E-state index in [4.69, 9.17) is 14.2 Å². The van der Waals surface area contributed by atoms with E-state index in [0.717, 1.165) is 22.2 Å². The summed E-state index contributed by atoms with van der Waals surface area (Å²) in [6.07, 6.45) is 0. The molecule has 0 N–H and O–H groups in total.